The van der Waals surface area contributed by atoms with Crippen molar-refractivity contribution >= 4 is 44.7 Å². The first kappa shape index (κ1) is 20.2. The second-order valence-corrected chi connectivity index (χ2v) is 9.13. The fraction of sp³-hybridized carbons (Fsp3) is 0.409. The number of nitrogens with zero attached hydrogens (tertiary/aromatic N) is 3. The lowest BCUT2D eigenvalue weighted by molar-refractivity contribution is -0.122. The van der Waals surface area contributed by atoms with E-state index >= 15 is 0 Å². The van der Waals surface area contributed by atoms with Crippen LogP contribution < -0.4 is 15.4 Å². The summed E-state index contributed by atoms with van der Waals surface area (Å²) in [6.07, 6.45) is -0.494. The highest BCUT2D eigenvalue weighted by Gasteiger charge is 2.24. The number of aromatic nitrogens is 2. The zero-order chi connectivity index (χ0) is 21.5. The summed E-state index contributed by atoms with van der Waals surface area (Å²) in [4.78, 5) is 26.3. The topological polar surface area (TPSA) is 88.6 Å². The highest BCUT2D eigenvalue weighted by molar-refractivity contribution is 7.18. The maximum absolute atomic E-state index is 12.0. The molecule has 2 N–H and O–H groups in total. The van der Waals surface area contributed by atoms with Crippen LogP contribution >= 0.6 is 11.3 Å². The molecule has 162 valence electrons. The average molecular weight is 440 g/mol. The van der Waals surface area contributed by atoms with Crippen LogP contribution in [0.5, 0.6) is 5.75 Å². The molecule has 8 nitrogen and oxygen atoms in total. The van der Waals surface area contributed by atoms with Crippen molar-refractivity contribution in [3.05, 3.63) is 34.5 Å². The highest BCUT2D eigenvalue weighted by atomic mass is 32.1. The minimum atomic E-state index is -0.494. The van der Waals surface area contributed by atoms with Crippen molar-refractivity contribution in [2.75, 3.05) is 36.9 Å². The predicted molar refractivity (Wildman–Crippen MR) is 121 cm³/mol. The molecule has 0 saturated carbocycles. The fourth-order valence-electron chi connectivity index (χ4n) is 3.84. The van der Waals surface area contributed by atoms with Crippen LogP contribution in [0.15, 0.2) is 18.2 Å². The van der Waals surface area contributed by atoms with Gasteiger partial charge in [0.2, 0.25) is 0 Å². The first-order valence-electron chi connectivity index (χ1n) is 10.4. The molecule has 0 unspecified atom stereocenters. The molecule has 1 saturated heterocycles. The summed E-state index contributed by atoms with van der Waals surface area (Å²) in [7, 11) is 0. The zero-order valence-electron chi connectivity index (χ0n) is 17.8. The maximum atomic E-state index is 12.0. The average Bonchev–Trinajstić information content (AvgIpc) is 3.03. The quantitative estimate of drug-likeness (QED) is 0.642. The van der Waals surface area contributed by atoms with E-state index in [9.17, 15) is 4.79 Å². The van der Waals surface area contributed by atoms with Gasteiger partial charge in [0.05, 0.1) is 30.8 Å². The molecule has 1 fully saturated rings. The zero-order valence-corrected chi connectivity index (χ0v) is 18.6. The molecule has 9 heteroatoms. The highest BCUT2D eigenvalue weighted by Crippen LogP contribution is 2.37. The molecule has 2 aliphatic heterocycles. The first-order chi connectivity index (χ1) is 15.0. The van der Waals surface area contributed by atoms with Crippen molar-refractivity contribution in [2.45, 2.75) is 33.4 Å². The van der Waals surface area contributed by atoms with Crippen LogP contribution in [0.1, 0.15) is 23.2 Å². The number of morpholine rings is 1. The number of benzene rings is 1. The molecule has 4 heterocycles. The summed E-state index contributed by atoms with van der Waals surface area (Å²) >= 11 is 1.69. The van der Waals surface area contributed by atoms with E-state index in [4.69, 9.17) is 19.4 Å². The number of fused-ring (bicyclic) bond motifs is 2. The Balaban J connectivity index is 1.49. The Bertz CT molecular complexity index is 1160. The van der Waals surface area contributed by atoms with Crippen LogP contribution in [0.25, 0.3) is 10.2 Å². The van der Waals surface area contributed by atoms with Gasteiger partial charge in [-0.25, -0.2) is 9.97 Å². The molecule has 2 aromatic heterocycles. The summed E-state index contributed by atoms with van der Waals surface area (Å²) in [5.41, 5.74) is 2.67. The fourth-order valence-corrected chi connectivity index (χ4v) is 4.89. The van der Waals surface area contributed by atoms with Gasteiger partial charge < -0.3 is 20.1 Å². The number of rotatable bonds is 4. The molecule has 1 aromatic carbocycles. The summed E-state index contributed by atoms with van der Waals surface area (Å²) < 4.78 is 11.1. The van der Waals surface area contributed by atoms with Crippen molar-refractivity contribution in [3.8, 4) is 5.75 Å². The molecule has 1 atom stereocenters. The SMILES string of the molecule is Cc1sc2nc(CN3CCOCC3)nc(Nc3ccc4c(c3)NC(=O)[C@H](C)O4)c2c1C. The van der Waals surface area contributed by atoms with Crippen molar-refractivity contribution in [1.82, 2.24) is 14.9 Å². The number of amides is 1. The van der Waals surface area contributed by atoms with Crippen molar-refractivity contribution in [2.24, 2.45) is 0 Å². The first-order valence-corrected chi connectivity index (χ1v) is 11.2. The number of anilines is 3. The van der Waals surface area contributed by atoms with E-state index in [1.165, 1.54) is 10.4 Å². The standard InChI is InChI=1S/C22H25N5O3S/c1-12-14(3)31-22-19(12)20(25-18(26-22)11-27-6-8-29-9-7-27)23-15-4-5-17-16(10-15)24-21(28)13(2)30-17/h4-5,10,13H,6-9,11H2,1-3H3,(H,24,28)(H,23,25,26)/t13-/m0/s1. The van der Waals surface area contributed by atoms with Gasteiger partial charge in [0, 0.05) is 23.7 Å². The molecular weight excluding hydrogens is 414 g/mol. The van der Waals surface area contributed by atoms with Gasteiger partial charge in [0.25, 0.3) is 5.91 Å². The lowest BCUT2D eigenvalue weighted by Gasteiger charge is -2.26. The molecule has 0 bridgehead atoms. The minimum Gasteiger partial charge on any atom is -0.479 e. The molecular formula is C22H25N5O3S. The summed E-state index contributed by atoms with van der Waals surface area (Å²) in [5, 5.41) is 7.40. The van der Waals surface area contributed by atoms with Gasteiger partial charge >= 0.3 is 0 Å². The second-order valence-electron chi connectivity index (χ2n) is 7.93. The summed E-state index contributed by atoms with van der Waals surface area (Å²) in [6, 6.07) is 5.68. The van der Waals surface area contributed by atoms with E-state index in [2.05, 4.69) is 29.4 Å². The number of carbonyl (C=O) groups is 1. The van der Waals surface area contributed by atoms with Gasteiger partial charge in [0.15, 0.2) is 6.10 Å². The largest absolute Gasteiger partial charge is 0.479 e. The van der Waals surface area contributed by atoms with Crippen LogP contribution in [-0.2, 0) is 16.1 Å². The number of nitrogens with one attached hydrogen (secondary N) is 2. The number of thiophene rings is 1. The van der Waals surface area contributed by atoms with Crippen molar-refractivity contribution in [1.29, 1.82) is 0 Å². The lowest BCUT2D eigenvalue weighted by atomic mass is 10.2. The lowest BCUT2D eigenvalue weighted by Crippen LogP contribution is -2.36. The molecule has 1 amide bonds. The second kappa shape index (κ2) is 8.07. The molecule has 5 rings (SSSR count). The third-order valence-electron chi connectivity index (χ3n) is 5.72. The molecule has 0 aliphatic carbocycles. The van der Waals surface area contributed by atoms with Crippen LogP contribution in [0.3, 0.4) is 0 Å². The normalized spacial score (nSPS) is 19.1. The summed E-state index contributed by atoms with van der Waals surface area (Å²) in [5.74, 6) is 2.10. The van der Waals surface area contributed by atoms with Crippen LogP contribution in [0.4, 0.5) is 17.2 Å². The van der Waals surface area contributed by atoms with E-state index in [1.54, 1.807) is 18.3 Å². The molecule has 2 aliphatic rings. The van der Waals surface area contributed by atoms with Gasteiger partial charge in [-0.05, 0) is 44.5 Å². The van der Waals surface area contributed by atoms with E-state index in [-0.39, 0.29) is 5.91 Å². The third kappa shape index (κ3) is 3.96. The van der Waals surface area contributed by atoms with Gasteiger partial charge in [0.1, 0.15) is 22.2 Å². The number of ether oxygens (including phenoxy) is 2. The molecule has 0 spiro atoms. The van der Waals surface area contributed by atoms with Gasteiger partial charge in [-0.3, -0.25) is 9.69 Å². The molecule has 3 aromatic rings. The smallest absolute Gasteiger partial charge is 0.265 e. The van der Waals surface area contributed by atoms with Crippen LogP contribution in [0, 0.1) is 13.8 Å². The van der Waals surface area contributed by atoms with Gasteiger partial charge in [-0.15, -0.1) is 11.3 Å². The molecule has 31 heavy (non-hydrogen) atoms. The van der Waals surface area contributed by atoms with Gasteiger partial charge in [-0.2, -0.15) is 0 Å². The maximum Gasteiger partial charge on any atom is 0.265 e. The number of carbonyl (C=O) groups excluding carboxylic acids is 1. The monoisotopic (exact) mass is 439 g/mol. The Hall–Kier alpha value is -2.75. The van der Waals surface area contributed by atoms with E-state index in [0.717, 1.165) is 53.8 Å². The van der Waals surface area contributed by atoms with E-state index < -0.39 is 6.10 Å². The van der Waals surface area contributed by atoms with Crippen molar-refractivity contribution < 1.29 is 14.3 Å². The Morgan fingerprint density at radius 2 is 2.06 bits per heavy atom. The van der Waals surface area contributed by atoms with Crippen LogP contribution in [-0.4, -0.2) is 53.2 Å². The Kier molecular flexibility index (Phi) is 5.25. The van der Waals surface area contributed by atoms with E-state index in [1.807, 2.05) is 18.2 Å². The van der Waals surface area contributed by atoms with E-state index in [0.29, 0.717) is 18.0 Å². The predicted octanol–water partition coefficient (Wildman–Crippen LogP) is 3.60. The third-order valence-corrected chi connectivity index (χ3v) is 6.82. The Labute approximate surface area is 184 Å². The Morgan fingerprint density at radius 3 is 2.87 bits per heavy atom. The van der Waals surface area contributed by atoms with Crippen LogP contribution in [0.2, 0.25) is 0 Å². The number of hydrogen-bond acceptors (Lipinski definition) is 8. The van der Waals surface area contributed by atoms with Crippen molar-refractivity contribution in [3.63, 3.8) is 0 Å². The minimum absolute atomic E-state index is 0.147. The Morgan fingerprint density at radius 1 is 1.26 bits per heavy atom. The number of aryl methyl sites for hydroxylation is 2. The molecule has 0 radical (unpaired) electrons. The number of hydrogen-bond donors (Lipinski definition) is 2. The van der Waals surface area contributed by atoms with Gasteiger partial charge in [-0.1, -0.05) is 0 Å². The summed E-state index contributed by atoms with van der Waals surface area (Å²) in [6.45, 7) is 9.89.